The van der Waals surface area contributed by atoms with Gasteiger partial charge < -0.3 is 10.3 Å². The number of fused-ring (bicyclic) bond motifs is 1. The smallest absolute Gasteiger partial charge is 0.271 e. The number of non-ortho nitro benzene ring substituents is 1. The maximum Gasteiger partial charge on any atom is 0.271 e. The van der Waals surface area contributed by atoms with E-state index in [0.717, 1.165) is 0 Å². The highest BCUT2D eigenvalue weighted by Gasteiger charge is 2.09. The van der Waals surface area contributed by atoms with E-state index in [0.29, 0.717) is 35.0 Å². The Hall–Kier alpha value is -1.96. The van der Waals surface area contributed by atoms with Crippen LogP contribution in [0.5, 0.6) is 0 Å². The van der Waals surface area contributed by atoms with Crippen LogP contribution < -0.4 is 5.32 Å². The Morgan fingerprint density at radius 2 is 2.32 bits per heavy atom. The Kier molecular flexibility index (Phi) is 4.10. The molecule has 0 amide bonds. The molecule has 1 heterocycles. The van der Waals surface area contributed by atoms with Crippen molar-refractivity contribution in [3.63, 3.8) is 0 Å². The standard InChI is InChI=1S/C11H14N4O3S/c1-2-19(18)6-5-12-11-13-9-4-3-8(15(16)17)7-10(9)14-11/h3-4,7H,2,5-6H2,1H3,(H2,12,13,14). The largest absolute Gasteiger partial charge is 0.355 e. The number of hydrogen-bond donors (Lipinski definition) is 2. The summed E-state index contributed by atoms with van der Waals surface area (Å²) in [5.74, 6) is 1.71. The van der Waals surface area contributed by atoms with Gasteiger partial charge in [-0.3, -0.25) is 14.3 Å². The van der Waals surface area contributed by atoms with Gasteiger partial charge in [0.05, 0.1) is 16.0 Å². The number of aromatic amines is 1. The number of aromatic nitrogens is 2. The van der Waals surface area contributed by atoms with E-state index in [1.807, 2.05) is 6.92 Å². The Morgan fingerprint density at radius 1 is 1.53 bits per heavy atom. The van der Waals surface area contributed by atoms with Gasteiger partial charge in [0.2, 0.25) is 5.95 Å². The van der Waals surface area contributed by atoms with Crippen LogP contribution >= 0.6 is 0 Å². The number of rotatable bonds is 6. The van der Waals surface area contributed by atoms with E-state index in [2.05, 4.69) is 15.3 Å². The summed E-state index contributed by atoms with van der Waals surface area (Å²) in [7, 11) is -0.822. The fraction of sp³-hybridized carbons (Fsp3) is 0.364. The maximum atomic E-state index is 11.3. The maximum absolute atomic E-state index is 11.3. The van der Waals surface area contributed by atoms with Crippen LogP contribution in [0, 0.1) is 10.1 Å². The molecule has 8 heteroatoms. The Balaban J connectivity index is 2.09. The van der Waals surface area contributed by atoms with Crippen molar-refractivity contribution in [2.45, 2.75) is 6.92 Å². The number of benzene rings is 1. The van der Waals surface area contributed by atoms with Gasteiger partial charge in [0.15, 0.2) is 0 Å². The molecule has 0 fully saturated rings. The molecule has 19 heavy (non-hydrogen) atoms. The molecule has 2 aromatic rings. The fourth-order valence-electron chi connectivity index (χ4n) is 1.62. The zero-order chi connectivity index (χ0) is 13.8. The fourth-order valence-corrected chi connectivity index (χ4v) is 2.24. The van der Waals surface area contributed by atoms with Crippen LogP contribution in [-0.4, -0.2) is 37.2 Å². The number of nitrogens with one attached hydrogen (secondary N) is 2. The summed E-state index contributed by atoms with van der Waals surface area (Å²) >= 11 is 0. The normalized spacial score (nSPS) is 12.5. The lowest BCUT2D eigenvalue weighted by molar-refractivity contribution is -0.384. The second kappa shape index (κ2) is 5.79. The number of imidazole rings is 1. The molecule has 0 saturated carbocycles. The second-order valence-electron chi connectivity index (χ2n) is 3.90. The summed E-state index contributed by atoms with van der Waals surface area (Å²) in [6.07, 6.45) is 0. The summed E-state index contributed by atoms with van der Waals surface area (Å²) in [4.78, 5) is 17.4. The van der Waals surface area contributed by atoms with Crippen molar-refractivity contribution in [2.24, 2.45) is 0 Å². The molecule has 0 saturated heterocycles. The SMILES string of the molecule is CCS(=O)CCNc1nc2ccc([N+](=O)[O-])cc2[nH]1. The second-order valence-corrected chi connectivity index (χ2v) is 5.77. The number of nitrogens with zero attached hydrogens (tertiary/aromatic N) is 2. The zero-order valence-electron chi connectivity index (χ0n) is 10.4. The predicted octanol–water partition coefficient (Wildman–Crippen LogP) is 1.65. The van der Waals surface area contributed by atoms with E-state index in [1.54, 1.807) is 6.07 Å². The Bertz CT molecular complexity index is 625. The highest BCUT2D eigenvalue weighted by atomic mass is 32.2. The molecule has 0 aliphatic heterocycles. The summed E-state index contributed by atoms with van der Waals surface area (Å²) < 4.78 is 11.3. The van der Waals surface area contributed by atoms with Crippen LogP contribution in [0.25, 0.3) is 11.0 Å². The molecule has 0 spiro atoms. The van der Waals surface area contributed by atoms with Crippen molar-refractivity contribution < 1.29 is 9.13 Å². The molecule has 1 aromatic carbocycles. The van der Waals surface area contributed by atoms with Gasteiger partial charge in [0, 0.05) is 41.0 Å². The first-order chi connectivity index (χ1) is 9.10. The van der Waals surface area contributed by atoms with E-state index in [9.17, 15) is 14.3 Å². The molecule has 102 valence electrons. The molecule has 2 N–H and O–H groups in total. The lowest BCUT2D eigenvalue weighted by Crippen LogP contribution is -2.12. The molecule has 1 aromatic heterocycles. The quantitative estimate of drug-likeness (QED) is 0.619. The van der Waals surface area contributed by atoms with Gasteiger partial charge in [-0.05, 0) is 6.07 Å². The van der Waals surface area contributed by atoms with Crippen molar-refractivity contribution in [3.8, 4) is 0 Å². The molecule has 7 nitrogen and oxygen atoms in total. The van der Waals surface area contributed by atoms with Crippen molar-refractivity contribution in [1.29, 1.82) is 0 Å². The lowest BCUT2D eigenvalue weighted by atomic mass is 10.3. The van der Waals surface area contributed by atoms with Gasteiger partial charge in [0.25, 0.3) is 5.69 Å². The molecule has 0 aliphatic carbocycles. The van der Waals surface area contributed by atoms with Gasteiger partial charge in [0.1, 0.15) is 0 Å². The monoisotopic (exact) mass is 282 g/mol. The first kappa shape index (κ1) is 13.5. The van der Waals surface area contributed by atoms with Crippen LogP contribution in [-0.2, 0) is 10.8 Å². The van der Waals surface area contributed by atoms with Gasteiger partial charge in [-0.2, -0.15) is 0 Å². The molecule has 1 atom stereocenters. The average molecular weight is 282 g/mol. The summed E-state index contributed by atoms with van der Waals surface area (Å²) in [5, 5.41) is 13.7. The number of anilines is 1. The summed E-state index contributed by atoms with van der Waals surface area (Å²) in [6.45, 7) is 2.42. The molecule has 0 bridgehead atoms. The van der Waals surface area contributed by atoms with Crippen LogP contribution in [0.3, 0.4) is 0 Å². The van der Waals surface area contributed by atoms with Crippen LogP contribution in [0.15, 0.2) is 18.2 Å². The first-order valence-corrected chi connectivity index (χ1v) is 7.32. The number of nitro groups is 1. The van der Waals surface area contributed by atoms with E-state index in [-0.39, 0.29) is 5.69 Å². The highest BCUT2D eigenvalue weighted by molar-refractivity contribution is 7.84. The predicted molar refractivity (Wildman–Crippen MR) is 74.8 cm³/mol. The highest BCUT2D eigenvalue weighted by Crippen LogP contribution is 2.20. The number of H-pyrrole nitrogens is 1. The molecule has 1 unspecified atom stereocenters. The molecule has 2 rings (SSSR count). The third kappa shape index (κ3) is 3.28. The minimum atomic E-state index is -0.822. The van der Waals surface area contributed by atoms with Crippen LogP contribution in [0.1, 0.15) is 6.92 Å². The van der Waals surface area contributed by atoms with Gasteiger partial charge >= 0.3 is 0 Å². The Labute approximate surface area is 112 Å². The van der Waals surface area contributed by atoms with Gasteiger partial charge in [-0.15, -0.1) is 0 Å². The molecular formula is C11H14N4O3S. The third-order valence-electron chi connectivity index (χ3n) is 2.62. The average Bonchev–Trinajstić information content (AvgIpc) is 2.79. The summed E-state index contributed by atoms with van der Waals surface area (Å²) in [5.41, 5.74) is 1.29. The minimum Gasteiger partial charge on any atom is -0.355 e. The number of nitro benzene ring substituents is 1. The van der Waals surface area contributed by atoms with Crippen molar-refractivity contribution in [2.75, 3.05) is 23.4 Å². The Morgan fingerprint density at radius 3 is 3.00 bits per heavy atom. The van der Waals surface area contributed by atoms with E-state index < -0.39 is 15.7 Å². The third-order valence-corrected chi connectivity index (χ3v) is 3.92. The summed E-state index contributed by atoms with van der Waals surface area (Å²) in [6, 6.07) is 4.45. The topological polar surface area (TPSA) is 101 Å². The zero-order valence-corrected chi connectivity index (χ0v) is 11.2. The first-order valence-electron chi connectivity index (χ1n) is 5.83. The molecule has 0 radical (unpaired) electrons. The van der Waals surface area contributed by atoms with E-state index >= 15 is 0 Å². The lowest BCUT2D eigenvalue weighted by Gasteiger charge is -2.00. The van der Waals surface area contributed by atoms with E-state index in [1.165, 1.54) is 12.1 Å². The van der Waals surface area contributed by atoms with Crippen LogP contribution in [0.4, 0.5) is 11.6 Å². The van der Waals surface area contributed by atoms with Crippen LogP contribution in [0.2, 0.25) is 0 Å². The van der Waals surface area contributed by atoms with Gasteiger partial charge in [-0.25, -0.2) is 4.98 Å². The minimum absolute atomic E-state index is 0.0230. The van der Waals surface area contributed by atoms with Crippen molar-refractivity contribution in [1.82, 2.24) is 9.97 Å². The van der Waals surface area contributed by atoms with Gasteiger partial charge in [-0.1, -0.05) is 6.92 Å². The number of hydrogen-bond acceptors (Lipinski definition) is 5. The molecule has 0 aliphatic rings. The van der Waals surface area contributed by atoms with E-state index in [4.69, 9.17) is 0 Å². The molecular weight excluding hydrogens is 268 g/mol. The van der Waals surface area contributed by atoms with Crippen molar-refractivity contribution >= 4 is 33.5 Å². The van der Waals surface area contributed by atoms with Crippen molar-refractivity contribution in [3.05, 3.63) is 28.3 Å².